The maximum Gasteiger partial charge on any atom is 0.417 e. The lowest BCUT2D eigenvalue weighted by molar-refractivity contribution is -0.277. The summed E-state index contributed by atoms with van der Waals surface area (Å²) in [7, 11) is 0. The third-order valence-electron chi connectivity index (χ3n) is 7.82. The zero-order valence-electron chi connectivity index (χ0n) is 20.0. The molecule has 6 rings (SSSR count). The van der Waals surface area contributed by atoms with Gasteiger partial charge in [-0.2, -0.15) is 13.2 Å². The van der Waals surface area contributed by atoms with E-state index in [1.54, 1.807) is 22.2 Å². The highest BCUT2D eigenvalue weighted by atomic mass is 19.4. The smallest absolute Gasteiger partial charge is 0.417 e. The fourth-order valence-corrected chi connectivity index (χ4v) is 5.91. The van der Waals surface area contributed by atoms with Gasteiger partial charge in [-0.3, -0.25) is 0 Å². The highest BCUT2D eigenvalue weighted by molar-refractivity contribution is 5.76. The highest BCUT2D eigenvalue weighted by Crippen LogP contribution is 2.48. The summed E-state index contributed by atoms with van der Waals surface area (Å²) in [5.41, 5.74) is 1.05. The van der Waals surface area contributed by atoms with Crippen molar-refractivity contribution in [2.45, 2.75) is 56.1 Å². The first-order valence-electron chi connectivity index (χ1n) is 12.4. The van der Waals surface area contributed by atoms with Crippen LogP contribution in [0.25, 0.3) is 22.5 Å². The topological polar surface area (TPSA) is 81.7 Å². The summed E-state index contributed by atoms with van der Waals surface area (Å²) < 4.78 is 46.4. The minimum Gasteiger partial charge on any atom is -0.491 e. The number of carbonyl (C=O) groups is 1. The maximum absolute atomic E-state index is 13.6. The fraction of sp³-hybridized carbons (Fsp3) is 0.407. The van der Waals surface area contributed by atoms with E-state index >= 15 is 0 Å². The van der Waals surface area contributed by atoms with Crippen LogP contribution in [0.15, 0.2) is 54.9 Å². The molecule has 4 heterocycles. The number of nitrogens with zero attached hydrogens (tertiary/aromatic N) is 3. The van der Waals surface area contributed by atoms with Gasteiger partial charge in [0.2, 0.25) is 0 Å². The van der Waals surface area contributed by atoms with Gasteiger partial charge < -0.3 is 24.6 Å². The summed E-state index contributed by atoms with van der Waals surface area (Å²) in [5.74, 6) is 1.48. The minimum absolute atomic E-state index is 0.290. The lowest BCUT2D eigenvalue weighted by Gasteiger charge is -2.45. The number of carbonyl (C=O) groups excluding carboxylic acids is 1. The van der Waals surface area contributed by atoms with E-state index in [2.05, 4.69) is 9.97 Å². The number of benzene rings is 2. The Balaban J connectivity index is 1.21. The van der Waals surface area contributed by atoms with Crippen molar-refractivity contribution in [3.8, 4) is 28.3 Å². The number of H-pyrrole nitrogens is 1. The van der Waals surface area contributed by atoms with Crippen LogP contribution in [0.3, 0.4) is 0 Å². The van der Waals surface area contributed by atoms with Crippen LogP contribution in [0, 0.1) is 0 Å². The number of aliphatic hydroxyl groups is 1. The molecule has 3 aromatic rings. The SMILES string of the molecule is O=C(N1CCOc2ccc(-c3ccc(-c4ncc[nH]4)cc3)cc2C1)N1C2CCC1CC(O)(C(F)(F)F)C2. The second-order valence-corrected chi connectivity index (χ2v) is 10.1. The van der Waals surface area contributed by atoms with E-state index in [0.29, 0.717) is 38.3 Å². The average Bonchev–Trinajstić information content (AvgIpc) is 3.44. The Morgan fingerprint density at radius 1 is 1.05 bits per heavy atom. The van der Waals surface area contributed by atoms with E-state index < -0.39 is 36.7 Å². The van der Waals surface area contributed by atoms with Crippen LogP contribution in [-0.4, -0.2) is 67.9 Å². The van der Waals surface area contributed by atoms with Crippen LogP contribution in [0.5, 0.6) is 5.75 Å². The molecular formula is C27H27F3N4O3. The first-order valence-corrected chi connectivity index (χ1v) is 12.4. The molecule has 0 saturated carbocycles. The number of hydrogen-bond donors (Lipinski definition) is 2. The number of urea groups is 1. The molecule has 2 N–H and O–H groups in total. The summed E-state index contributed by atoms with van der Waals surface area (Å²) in [6.45, 7) is 0.928. The first-order chi connectivity index (χ1) is 17.7. The highest BCUT2D eigenvalue weighted by Gasteiger charge is 2.61. The second-order valence-electron chi connectivity index (χ2n) is 10.1. The zero-order chi connectivity index (χ0) is 25.8. The van der Waals surface area contributed by atoms with E-state index in [4.69, 9.17) is 4.74 Å². The number of alkyl halides is 3. The van der Waals surface area contributed by atoms with Crippen molar-refractivity contribution < 1.29 is 27.8 Å². The molecule has 2 amide bonds. The summed E-state index contributed by atoms with van der Waals surface area (Å²) >= 11 is 0. The summed E-state index contributed by atoms with van der Waals surface area (Å²) in [6.07, 6.45) is -1.24. The van der Waals surface area contributed by atoms with Crippen molar-refractivity contribution >= 4 is 6.03 Å². The molecule has 2 fully saturated rings. The lowest BCUT2D eigenvalue weighted by Crippen LogP contribution is -2.60. The number of rotatable bonds is 2. The molecule has 10 heteroatoms. The van der Waals surface area contributed by atoms with Gasteiger partial charge in [0.25, 0.3) is 0 Å². The second kappa shape index (κ2) is 8.79. The number of fused-ring (bicyclic) bond motifs is 3. The normalized spacial score (nSPS) is 25.4. The van der Waals surface area contributed by atoms with Crippen LogP contribution < -0.4 is 4.74 Å². The van der Waals surface area contributed by atoms with Gasteiger partial charge in [-0.05, 0) is 36.1 Å². The quantitative estimate of drug-likeness (QED) is 0.508. The standard InChI is InChI=1S/C27H27F3N4O3/c28-27(29,30)26(36)14-21-6-7-22(15-26)34(21)25(35)33-11-12-37-23-8-5-19(13-20(23)16-33)17-1-3-18(4-2-17)24-31-9-10-32-24/h1-5,8-10,13,21-22,36H,6-7,11-12,14-16H2,(H,31,32). The average molecular weight is 513 g/mol. The minimum atomic E-state index is -4.70. The van der Waals surface area contributed by atoms with Crippen LogP contribution in [-0.2, 0) is 6.54 Å². The van der Waals surface area contributed by atoms with Crippen LogP contribution in [0.2, 0.25) is 0 Å². The fourth-order valence-electron chi connectivity index (χ4n) is 5.91. The van der Waals surface area contributed by atoms with Crippen LogP contribution in [0.4, 0.5) is 18.0 Å². The number of imidazole rings is 1. The van der Waals surface area contributed by atoms with Crippen molar-refractivity contribution in [1.29, 1.82) is 0 Å². The summed E-state index contributed by atoms with van der Waals surface area (Å²) in [4.78, 5) is 24.1. The number of halogens is 3. The monoisotopic (exact) mass is 512 g/mol. The Kier molecular flexibility index (Phi) is 5.67. The molecule has 0 aliphatic carbocycles. The number of nitrogens with one attached hydrogen (secondary N) is 1. The number of hydrogen-bond acceptors (Lipinski definition) is 4. The number of aromatic nitrogens is 2. The van der Waals surface area contributed by atoms with Crippen molar-refractivity contribution in [1.82, 2.24) is 19.8 Å². The first kappa shape index (κ1) is 23.8. The predicted octanol–water partition coefficient (Wildman–Crippen LogP) is 4.98. The molecule has 7 nitrogen and oxygen atoms in total. The molecule has 2 atom stereocenters. The predicted molar refractivity (Wildman–Crippen MR) is 130 cm³/mol. The maximum atomic E-state index is 13.6. The van der Waals surface area contributed by atoms with E-state index in [1.807, 2.05) is 42.5 Å². The van der Waals surface area contributed by atoms with Crippen molar-refractivity contribution in [3.05, 3.63) is 60.4 Å². The Morgan fingerprint density at radius 2 is 1.73 bits per heavy atom. The molecule has 1 aromatic heterocycles. The van der Waals surface area contributed by atoms with E-state index in [0.717, 1.165) is 28.1 Å². The lowest BCUT2D eigenvalue weighted by atomic mass is 9.85. The number of amides is 2. The van der Waals surface area contributed by atoms with Gasteiger partial charge in [0.15, 0.2) is 5.60 Å². The van der Waals surface area contributed by atoms with Crippen LogP contribution in [0.1, 0.15) is 31.2 Å². The van der Waals surface area contributed by atoms with Gasteiger partial charge in [0, 0.05) is 48.4 Å². The third-order valence-corrected chi connectivity index (χ3v) is 7.82. The van der Waals surface area contributed by atoms with Crippen LogP contribution >= 0.6 is 0 Å². The van der Waals surface area contributed by atoms with Gasteiger partial charge in [-0.25, -0.2) is 9.78 Å². The molecule has 3 aliphatic rings. The summed E-state index contributed by atoms with van der Waals surface area (Å²) in [5, 5.41) is 10.3. The number of piperidine rings is 1. The van der Waals surface area contributed by atoms with Crippen molar-refractivity contribution in [3.63, 3.8) is 0 Å². The van der Waals surface area contributed by atoms with Crippen molar-refractivity contribution in [2.24, 2.45) is 0 Å². The summed E-state index contributed by atoms with van der Waals surface area (Å²) in [6, 6.07) is 12.3. The molecule has 194 valence electrons. The molecule has 3 aliphatic heterocycles. The molecular weight excluding hydrogens is 485 g/mol. The van der Waals surface area contributed by atoms with Crippen molar-refractivity contribution in [2.75, 3.05) is 13.2 Å². The van der Waals surface area contributed by atoms with Gasteiger partial charge in [-0.15, -0.1) is 0 Å². The zero-order valence-corrected chi connectivity index (χ0v) is 20.0. The molecule has 0 spiro atoms. The van der Waals surface area contributed by atoms with E-state index in [-0.39, 0.29) is 6.03 Å². The molecule has 37 heavy (non-hydrogen) atoms. The van der Waals surface area contributed by atoms with E-state index in [1.165, 1.54) is 0 Å². The molecule has 2 unspecified atom stereocenters. The van der Waals surface area contributed by atoms with Gasteiger partial charge in [-0.1, -0.05) is 30.3 Å². The molecule has 2 bridgehead atoms. The molecule has 2 saturated heterocycles. The largest absolute Gasteiger partial charge is 0.491 e. The number of aromatic amines is 1. The molecule has 2 aromatic carbocycles. The molecule has 0 radical (unpaired) electrons. The van der Waals surface area contributed by atoms with Gasteiger partial charge in [0.05, 0.1) is 13.1 Å². The Hall–Kier alpha value is -3.53. The van der Waals surface area contributed by atoms with Gasteiger partial charge >= 0.3 is 12.2 Å². The Labute approximate surface area is 211 Å². The van der Waals surface area contributed by atoms with Gasteiger partial charge in [0.1, 0.15) is 18.2 Å². The number of ether oxygens (including phenoxy) is 1. The Morgan fingerprint density at radius 3 is 2.38 bits per heavy atom. The van der Waals surface area contributed by atoms with E-state index in [9.17, 15) is 23.1 Å². The third kappa shape index (κ3) is 4.22. The Bertz CT molecular complexity index is 1280.